The molecule has 1 aliphatic heterocycles. The van der Waals surface area contributed by atoms with E-state index in [1.165, 1.54) is 17.0 Å². The molecule has 1 saturated heterocycles. The van der Waals surface area contributed by atoms with Crippen molar-refractivity contribution in [1.82, 2.24) is 20.5 Å². The van der Waals surface area contributed by atoms with Gasteiger partial charge in [0, 0.05) is 36.5 Å². The normalized spacial score (nSPS) is 16.6. The van der Waals surface area contributed by atoms with Gasteiger partial charge in [0.1, 0.15) is 23.9 Å². The molecule has 1 fully saturated rings. The molecule has 11 nitrogen and oxygen atoms in total. The summed E-state index contributed by atoms with van der Waals surface area (Å²) in [5.74, 6) is -1.98. The van der Waals surface area contributed by atoms with Crippen molar-refractivity contribution in [2.75, 3.05) is 6.54 Å². The van der Waals surface area contributed by atoms with Crippen molar-refractivity contribution in [2.45, 2.75) is 56.3 Å². The van der Waals surface area contributed by atoms with Gasteiger partial charge in [-0.05, 0) is 54.2 Å². The Morgan fingerprint density at radius 2 is 1.56 bits per heavy atom. The van der Waals surface area contributed by atoms with Gasteiger partial charge in [0.2, 0.25) is 23.6 Å². The Hall–Kier alpha value is -5.16. The second kappa shape index (κ2) is 14.1. The number of nitrogens with zero attached hydrogens (tertiary/aromatic N) is 1. The number of hydrogen-bond acceptors (Lipinski definition) is 6. The number of aromatic nitrogens is 1. The molecule has 1 aliphatic rings. The van der Waals surface area contributed by atoms with E-state index < -0.39 is 41.9 Å². The van der Waals surface area contributed by atoms with E-state index in [0.29, 0.717) is 19.4 Å². The van der Waals surface area contributed by atoms with E-state index in [4.69, 9.17) is 11.5 Å². The number of nitrogens with one attached hydrogen (secondary N) is 3. The number of benzene rings is 3. The summed E-state index contributed by atoms with van der Waals surface area (Å²) in [5, 5.41) is 16.1. The molecule has 3 aromatic carbocycles. The van der Waals surface area contributed by atoms with Gasteiger partial charge in [-0.25, -0.2) is 0 Å². The van der Waals surface area contributed by atoms with Gasteiger partial charge >= 0.3 is 0 Å². The highest BCUT2D eigenvalue weighted by atomic mass is 16.3. The van der Waals surface area contributed by atoms with Crippen LogP contribution in [0.4, 0.5) is 0 Å². The van der Waals surface area contributed by atoms with E-state index >= 15 is 0 Å². The highest BCUT2D eigenvalue weighted by molar-refractivity contribution is 5.95. The summed E-state index contributed by atoms with van der Waals surface area (Å²) in [4.78, 5) is 57.9. The zero-order chi connectivity index (χ0) is 31.9. The lowest BCUT2D eigenvalue weighted by molar-refractivity contribution is -0.140. The Bertz CT molecular complexity index is 1650. The SMILES string of the molecule is NC(=O)[C@H](Cc1ccccc1)NC(=O)[C@H](Cc1c[nH]c2ccccc12)NC(=O)C1CCCN1C(=O)[C@@H](N)Cc1ccc(O)cc1. The zero-order valence-electron chi connectivity index (χ0n) is 24.8. The molecule has 5 rings (SSSR count). The summed E-state index contributed by atoms with van der Waals surface area (Å²) < 4.78 is 0. The minimum Gasteiger partial charge on any atom is -0.508 e. The van der Waals surface area contributed by atoms with Crippen molar-refractivity contribution < 1.29 is 24.3 Å². The van der Waals surface area contributed by atoms with Crippen molar-refractivity contribution in [1.29, 1.82) is 0 Å². The van der Waals surface area contributed by atoms with Gasteiger partial charge in [0.15, 0.2) is 0 Å². The number of aromatic hydroxyl groups is 1. The van der Waals surface area contributed by atoms with Crippen molar-refractivity contribution in [2.24, 2.45) is 11.5 Å². The summed E-state index contributed by atoms with van der Waals surface area (Å²) in [6.07, 6.45) is 3.39. The van der Waals surface area contributed by atoms with Gasteiger partial charge in [-0.15, -0.1) is 0 Å². The molecule has 4 atom stereocenters. The zero-order valence-corrected chi connectivity index (χ0v) is 24.8. The number of H-pyrrole nitrogens is 1. The average molecular weight is 611 g/mol. The first-order valence-corrected chi connectivity index (χ1v) is 15.0. The van der Waals surface area contributed by atoms with Crippen molar-refractivity contribution in [3.63, 3.8) is 0 Å². The topological polar surface area (TPSA) is 184 Å². The number of carbonyl (C=O) groups excluding carboxylic acids is 4. The fraction of sp³-hybridized carbons (Fsp3) is 0.294. The first-order valence-electron chi connectivity index (χ1n) is 15.0. The standard InChI is InChI=1S/C34H38N6O5/c35-26(17-22-12-14-24(41)15-13-22)34(45)40-16-6-11-30(40)33(44)39-29(19-23-20-37-27-10-5-4-9-25(23)27)32(43)38-28(31(36)42)18-21-7-2-1-3-8-21/h1-5,7-10,12-15,20,26,28-30,37,41H,6,11,16-19,35H2,(H2,36,42)(H,38,43)(H,39,44)/t26-,28-,29-,30?/m0/s1. The summed E-state index contributed by atoms with van der Waals surface area (Å²) in [7, 11) is 0. The molecule has 11 heteroatoms. The number of carbonyl (C=O) groups is 4. The van der Waals surface area contributed by atoms with Crippen LogP contribution in [0.25, 0.3) is 10.9 Å². The number of nitrogens with two attached hydrogens (primary N) is 2. The van der Waals surface area contributed by atoms with Crippen LogP contribution in [0.15, 0.2) is 85.1 Å². The Kier molecular flexibility index (Phi) is 9.79. The number of fused-ring (bicyclic) bond motifs is 1. The van der Waals surface area contributed by atoms with Crippen LogP contribution in [0.3, 0.4) is 0 Å². The first-order chi connectivity index (χ1) is 21.7. The third-order valence-corrected chi connectivity index (χ3v) is 8.22. The largest absolute Gasteiger partial charge is 0.508 e. The minimum absolute atomic E-state index is 0.114. The molecule has 234 valence electrons. The van der Waals surface area contributed by atoms with E-state index in [2.05, 4.69) is 15.6 Å². The smallest absolute Gasteiger partial charge is 0.243 e. The molecule has 0 aliphatic carbocycles. The lowest BCUT2D eigenvalue weighted by atomic mass is 10.0. The van der Waals surface area contributed by atoms with Gasteiger partial charge in [-0.2, -0.15) is 0 Å². The Morgan fingerprint density at radius 1 is 0.867 bits per heavy atom. The number of rotatable bonds is 12. The van der Waals surface area contributed by atoms with Crippen LogP contribution in [0.2, 0.25) is 0 Å². The number of phenolic OH excluding ortho intramolecular Hbond substituents is 1. The second-order valence-electron chi connectivity index (χ2n) is 11.4. The van der Waals surface area contributed by atoms with E-state index in [0.717, 1.165) is 27.6 Å². The van der Waals surface area contributed by atoms with Gasteiger partial charge < -0.3 is 37.1 Å². The summed E-state index contributed by atoms with van der Waals surface area (Å²) in [6.45, 7) is 0.361. The van der Waals surface area contributed by atoms with Gasteiger partial charge in [0.05, 0.1) is 6.04 Å². The molecule has 4 amide bonds. The van der Waals surface area contributed by atoms with Crippen molar-refractivity contribution in [3.05, 3.63) is 102 Å². The van der Waals surface area contributed by atoms with Crippen LogP contribution >= 0.6 is 0 Å². The van der Waals surface area contributed by atoms with E-state index in [1.54, 1.807) is 18.3 Å². The molecule has 1 aromatic heterocycles. The molecule has 2 heterocycles. The lowest BCUT2D eigenvalue weighted by Crippen LogP contribution is -2.58. The minimum atomic E-state index is -1.06. The predicted octanol–water partition coefficient (Wildman–Crippen LogP) is 1.67. The quantitative estimate of drug-likeness (QED) is 0.142. The fourth-order valence-corrected chi connectivity index (χ4v) is 5.83. The monoisotopic (exact) mass is 610 g/mol. The van der Waals surface area contributed by atoms with Crippen molar-refractivity contribution in [3.8, 4) is 5.75 Å². The molecule has 0 spiro atoms. The van der Waals surface area contributed by atoms with Gasteiger partial charge in [0.25, 0.3) is 0 Å². The van der Waals surface area contributed by atoms with Crippen molar-refractivity contribution >= 4 is 34.5 Å². The van der Waals surface area contributed by atoms with E-state index in [-0.39, 0.29) is 30.9 Å². The van der Waals surface area contributed by atoms with Crippen LogP contribution < -0.4 is 22.1 Å². The van der Waals surface area contributed by atoms with Crippen LogP contribution in [0, 0.1) is 0 Å². The third kappa shape index (κ3) is 7.68. The average Bonchev–Trinajstić information content (AvgIpc) is 3.69. The number of para-hydroxylation sites is 1. The molecule has 45 heavy (non-hydrogen) atoms. The molecular weight excluding hydrogens is 572 g/mol. The molecular formula is C34H38N6O5. The Balaban J connectivity index is 1.33. The fourth-order valence-electron chi connectivity index (χ4n) is 5.83. The Morgan fingerprint density at radius 3 is 2.29 bits per heavy atom. The molecule has 4 aromatic rings. The van der Waals surface area contributed by atoms with Crippen LogP contribution in [-0.2, 0) is 38.4 Å². The van der Waals surface area contributed by atoms with Crippen LogP contribution in [-0.4, -0.2) is 69.3 Å². The van der Waals surface area contributed by atoms with E-state index in [1.807, 2.05) is 54.6 Å². The molecule has 8 N–H and O–H groups in total. The highest BCUT2D eigenvalue weighted by Gasteiger charge is 2.38. The highest BCUT2D eigenvalue weighted by Crippen LogP contribution is 2.22. The third-order valence-electron chi connectivity index (χ3n) is 8.22. The number of phenols is 1. The number of likely N-dealkylation sites (tertiary alicyclic amines) is 1. The van der Waals surface area contributed by atoms with Gasteiger partial charge in [-0.3, -0.25) is 19.2 Å². The maximum absolute atomic E-state index is 13.7. The molecule has 1 unspecified atom stereocenters. The lowest BCUT2D eigenvalue weighted by Gasteiger charge is -2.29. The maximum atomic E-state index is 13.7. The number of hydrogen-bond donors (Lipinski definition) is 6. The molecule has 0 bridgehead atoms. The number of amides is 4. The van der Waals surface area contributed by atoms with Crippen LogP contribution in [0.5, 0.6) is 5.75 Å². The molecule has 0 radical (unpaired) electrons. The molecule has 0 saturated carbocycles. The number of primary amides is 1. The summed E-state index contributed by atoms with van der Waals surface area (Å²) in [6, 6.07) is 19.5. The summed E-state index contributed by atoms with van der Waals surface area (Å²) >= 11 is 0. The summed E-state index contributed by atoms with van der Waals surface area (Å²) in [5.41, 5.74) is 15.2. The predicted molar refractivity (Wildman–Crippen MR) is 170 cm³/mol. The second-order valence-corrected chi connectivity index (χ2v) is 11.4. The first kappa shape index (κ1) is 31.3. The van der Waals surface area contributed by atoms with Crippen LogP contribution in [0.1, 0.15) is 29.5 Å². The van der Waals surface area contributed by atoms with Gasteiger partial charge in [-0.1, -0.05) is 60.7 Å². The maximum Gasteiger partial charge on any atom is 0.243 e. The Labute approximate surface area is 261 Å². The number of aromatic amines is 1. The van der Waals surface area contributed by atoms with E-state index in [9.17, 15) is 24.3 Å².